The summed E-state index contributed by atoms with van der Waals surface area (Å²) >= 11 is 0. The molecule has 1 saturated carbocycles. The van der Waals surface area contributed by atoms with Crippen LogP contribution in [0, 0.1) is 12.8 Å². The van der Waals surface area contributed by atoms with Crippen molar-refractivity contribution < 1.29 is 9.59 Å². The van der Waals surface area contributed by atoms with E-state index in [2.05, 4.69) is 14.8 Å². The summed E-state index contributed by atoms with van der Waals surface area (Å²) in [7, 11) is 0. The van der Waals surface area contributed by atoms with Crippen LogP contribution in [-0.4, -0.2) is 76.8 Å². The maximum Gasteiger partial charge on any atom is 0.256 e. The molecule has 1 aromatic carbocycles. The Morgan fingerprint density at radius 1 is 0.800 bits per heavy atom. The summed E-state index contributed by atoms with van der Waals surface area (Å²) in [4.78, 5) is 37.9. The number of pyridine rings is 1. The van der Waals surface area contributed by atoms with E-state index in [-0.39, 0.29) is 11.8 Å². The normalized spacial score (nSPS) is 20.7. The SMILES string of the molecule is Cc1ccccc1-c1ncccc1C(=O)N1CCC(C(=O)N2CCN(C3CCCCC3)CC2)CC1. The molecule has 3 fully saturated rings. The quantitative estimate of drug-likeness (QED) is 0.660. The fourth-order valence-corrected chi connectivity index (χ4v) is 6.14. The van der Waals surface area contributed by atoms with Crippen LogP contribution in [0.15, 0.2) is 42.6 Å². The van der Waals surface area contributed by atoms with Gasteiger partial charge in [-0.05, 0) is 50.3 Å². The first-order chi connectivity index (χ1) is 17.1. The predicted octanol–water partition coefficient (Wildman–Crippen LogP) is 4.39. The van der Waals surface area contributed by atoms with E-state index in [0.717, 1.165) is 61.9 Å². The van der Waals surface area contributed by atoms with E-state index in [1.54, 1.807) is 6.20 Å². The zero-order valence-corrected chi connectivity index (χ0v) is 21.0. The van der Waals surface area contributed by atoms with Crippen molar-refractivity contribution in [2.24, 2.45) is 5.92 Å². The highest BCUT2D eigenvalue weighted by Crippen LogP contribution is 2.28. The molecule has 2 saturated heterocycles. The second-order valence-electron chi connectivity index (χ2n) is 10.4. The number of piperidine rings is 1. The molecule has 3 aliphatic rings. The molecule has 0 bridgehead atoms. The first-order valence-corrected chi connectivity index (χ1v) is 13.4. The fraction of sp³-hybridized carbons (Fsp3) is 0.552. The number of carbonyl (C=O) groups excluding carboxylic acids is 2. The van der Waals surface area contributed by atoms with Crippen molar-refractivity contribution in [3.05, 3.63) is 53.7 Å². The van der Waals surface area contributed by atoms with E-state index in [4.69, 9.17) is 0 Å². The highest BCUT2D eigenvalue weighted by molar-refractivity contribution is 6.00. The van der Waals surface area contributed by atoms with E-state index in [0.29, 0.717) is 24.6 Å². The van der Waals surface area contributed by atoms with Crippen molar-refractivity contribution in [1.82, 2.24) is 19.7 Å². The highest BCUT2D eigenvalue weighted by atomic mass is 16.2. The van der Waals surface area contributed by atoms with Crippen molar-refractivity contribution in [1.29, 1.82) is 0 Å². The Hall–Kier alpha value is -2.73. The van der Waals surface area contributed by atoms with Gasteiger partial charge in [0.1, 0.15) is 0 Å². The molecule has 1 aliphatic carbocycles. The van der Waals surface area contributed by atoms with E-state index in [9.17, 15) is 9.59 Å². The number of aryl methyl sites for hydroxylation is 1. The van der Waals surface area contributed by atoms with Gasteiger partial charge in [0.25, 0.3) is 5.91 Å². The summed E-state index contributed by atoms with van der Waals surface area (Å²) in [5.41, 5.74) is 3.48. The van der Waals surface area contributed by atoms with Crippen molar-refractivity contribution >= 4 is 11.8 Å². The number of hydrogen-bond acceptors (Lipinski definition) is 4. The Balaban J connectivity index is 1.17. The van der Waals surface area contributed by atoms with E-state index in [1.807, 2.05) is 48.2 Å². The Bertz CT molecular complexity index is 1030. The number of aromatic nitrogens is 1. The van der Waals surface area contributed by atoms with Gasteiger partial charge in [0, 0.05) is 63.0 Å². The van der Waals surface area contributed by atoms with Crippen LogP contribution < -0.4 is 0 Å². The number of benzene rings is 1. The number of hydrogen-bond donors (Lipinski definition) is 0. The van der Waals surface area contributed by atoms with Crippen LogP contribution in [0.25, 0.3) is 11.3 Å². The molecule has 3 heterocycles. The zero-order valence-electron chi connectivity index (χ0n) is 21.0. The number of carbonyl (C=O) groups is 2. The van der Waals surface area contributed by atoms with Crippen LogP contribution in [0.3, 0.4) is 0 Å². The third-order valence-corrected chi connectivity index (χ3v) is 8.29. The molecule has 2 aromatic rings. The lowest BCUT2D eigenvalue weighted by Gasteiger charge is -2.42. The number of piperazine rings is 1. The molecule has 35 heavy (non-hydrogen) atoms. The minimum absolute atomic E-state index is 0.0170. The van der Waals surface area contributed by atoms with Crippen LogP contribution >= 0.6 is 0 Å². The highest BCUT2D eigenvalue weighted by Gasteiger charge is 2.33. The number of nitrogens with zero attached hydrogens (tertiary/aromatic N) is 4. The Kier molecular flexibility index (Phi) is 7.47. The van der Waals surface area contributed by atoms with Crippen LogP contribution in [0.1, 0.15) is 60.9 Å². The minimum atomic E-state index is 0.0170. The third kappa shape index (κ3) is 5.27. The number of rotatable bonds is 4. The summed E-state index contributed by atoms with van der Waals surface area (Å²) in [6.45, 7) is 7.02. The van der Waals surface area contributed by atoms with E-state index < -0.39 is 0 Å². The molecule has 0 atom stereocenters. The summed E-state index contributed by atoms with van der Waals surface area (Å²) < 4.78 is 0. The van der Waals surface area contributed by atoms with Crippen LogP contribution in [0.4, 0.5) is 0 Å². The maximum absolute atomic E-state index is 13.5. The minimum Gasteiger partial charge on any atom is -0.340 e. The second kappa shape index (κ2) is 10.9. The van der Waals surface area contributed by atoms with Gasteiger partial charge in [0.15, 0.2) is 0 Å². The zero-order chi connectivity index (χ0) is 24.2. The summed E-state index contributed by atoms with van der Waals surface area (Å²) in [5, 5.41) is 0. The molecule has 5 rings (SSSR count). The van der Waals surface area contributed by atoms with Crippen molar-refractivity contribution in [3.63, 3.8) is 0 Å². The van der Waals surface area contributed by atoms with Gasteiger partial charge in [-0.25, -0.2) is 0 Å². The first kappa shape index (κ1) is 24.0. The maximum atomic E-state index is 13.5. The number of amides is 2. The molecule has 0 radical (unpaired) electrons. The molecule has 2 amide bonds. The molecule has 0 spiro atoms. The lowest BCUT2D eigenvalue weighted by atomic mass is 9.92. The first-order valence-electron chi connectivity index (χ1n) is 13.4. The molecule has 186 valence electrons. The van der Waals surface area contributed by atoms with Gasteiger partial charge in [-0.15, -0.1) is 0 Å². The predicted molar refractivity (Wildman–Crippen MR) is 138 cm³/mol. The van der Waals surface area contributed by atoms with Gasteiger partial charge in [-0.1, -0.05) is 43.5 Å². The average molecular weight is 475 g/mol. The standard InChI is InChI=1S/C29H38N4O2/c1-22-8-5-6-11-25(22)27-26(12-7-15-30-27)29(35)32-16-13-23(14-17-32)28(34)33-20-18-31(19-21-33)24-9-3-2-4-10-24/h5-8,11-12,15,23-24H,2-4,9-10,13-14,16-21H2,1H3. The molecule has 1 aromatic heterocycles. The second-order valence-corrected chi connectivity index (χ2v) is 10.4. The van der Waals surface area contributed by atoms with E-state index in [1.165, 1.54) is 32.1 Å². The van der Waals surface area contributed by atoms with Gasteiger partial charge in [0.2, 0.25) is 5.91 Å². The van der Waals surface area contributed by atoms with Crippen LogP contribution in [0.5, 0.6) is 0 Å². The van der Waals surface area contributed by atoms with Crippen molar-refractivity contribution in [2.45, 2.75) is 57.9 Å². The molecule has 0 unspecified atom stereocenters. The lowest BCUT2D eigenvalue weighted by Crippen LogP contribution is -2.54. The van der Waals surface area contributed by atoms with E-state index >= 15 is 0 Å². The van der Waals surface area contributed by atoms with Gasteiger partial charge < -0.3 is 9.80 Å². The third-order valence-electron chi connectivity index (χ3n) is 8.29. The summed E-state index contributed by atoms with van der Waals surface area (Å²) in [6, 6.07) is 12.5. The largest absolute Gasteiger partial charge is 0.340 e. The molecular weight excluding hydrogens is 436 g/mol. The smallest absolute Gasteiger partial charge is 0.256 e. The number of likely N-dealkylation sites (tertiary alicyclic amines) is 1. The van der Waals surface area contributed by atoms with Crippen LogP contribution in [0.2, 0.25) is 0 Å². The average Bonchev–Trinajstić information content (AvgIpc) is 2.93. The Labute approximate surface area is 209 Å². The van der Waals surface area contributed by atoms with Crippen molar-refractivity contribution in [3.8, 4) is 11.3 Å². The molecule has 0 N–H and O–H groups in total. The summed E-state index contributed by atoms with van der Waals surface area (Å²) in [5.74, 6) is 0.343. The fourth-order valence-electron chi connectivity index (χ4n) is 6.14. The molecule has 6 nitrogen and oxygen atoms in total. The van der Waals surface area contributed by atoms with Gasteiger partial charge in [0.05, 0.1) is 11.3 Å². The lowest BCUT2D eigenvalue weighted by molar-refractivity contribution is -0.139. The van der Waals surface area contributed by atoms with Crippen LogP contribution in [-0.2, 0) is 4.79 Å². The van der Waals surface area contributed by atoms with Crippen molar-refractivity contribution in [2.75, 3.05) is 39.3 Å². The Morgan fingerprint density at radius 3 is 2.23 bits per heavy atom. The van der Waals surface area contributed by atoms with Gasteiger partial charge in [-0.3, -0.25) is 19.5 Å². The monoisotopic (exact) mass is 474 g/mol. The molecular formula is C29H38N4O2. The van der Waals surface area contributed by atoms with Gasteiger partial charge >= 0.3 is 0 Å². The summed E-state index contributed by atoms with van der Waals surface area (Å²) in [6.07, 6.45) is 9.97. The Morgan fingerprint density at radius 2 is 1.51 bits per heavy atom. The topological polar surface area (TPSA) is 56.8 Å². The van der Waals surface area contributed by atoms with Gasteiger partial charge in [-0.2, -0.15) is 0 Å². The molecule has 2 aliphatic heterocycles. The molecule has 6 heteroatoms.